The summed E-state index contributed by atoms with van der Waals surface area (Å²) in [5.41, 5.74) is 0.951. The average molecular weight is 313 g/mol. The number of nitrogens with zero attached hydrogens (tertiary/aromatic N) is 1. The highest BCUT2D eigenvalue weighted by Gasteiger charge is 2.11. The summed E-state index contributed by atoms with van der Waals surface area (Å²) in [6, 6.07) is 0. The Morgan fingerprint density at radius 1 is 1.40 bits per heavy atom. The van der Waals surface area contributed by atoms with E-state index in [-0.39, 0.29) is 5.56 Å². The van der Waals surface area contributed by atoms with Gasteiger partial charge in [0.05, 0.1) is 11.9 Å². The van der Waals surface area contributed by atoms with Crippen molar-refractivity contribution >= 4 is 32.4 Å². The predicted octanol–water partition coefficient (Wildman–Crippen LogP) is 1.46. The van der Waals surface area contributed by atoms with Gasteiger partial charge in [0.1, 0.15) is 10.7 Å². The van der Waals surface area contributed by atoms with Crippen LogP contribution in [0.2, 0.25) is 0 Å². The Labute approximate surface area is 124 Å². The van der Waals surface area contributed by atoms with Gasteiger partial charge >= 0.3 is 0 Å². The van der Waals surface area contributed by atoms with Gasteiger partial charge in [-0.25, -0.2) is 4.98 Å². The van der Waals surface area contributed by atoms with Gasteiger partial charge < -0.3 is 10.3 Å². The Bertz CT molecular complexity index is 691. The summed E-state index contributed by atoms with van der Waals surface area (Å²) >= 11 is 1.56. The van der Waals surface area contributed by atoms with Gasteiger partial charge in [-0.3, -0.25) is 9.00 Å². The van der Waals surface area contributed by atoms with E-state index in [2.05, 4.69) is 15.3 Å². The molecule has 0 amide bonds. The summed E-state index contributed by atoms with van der Waals surface area (Å²) in [5.74, 6) is 1.35. The molecule has 0 aliphatic heterocycles. The zero-order valence-electron chi connectivity index (χ0n) is 11.9. The third kappa shape index (κ3) is 3.53. The zero-order chi connectivity index (χ0) is 14.7. The predicted molar refractivity (Wildman–Crippen MR) is 85.0 cm³/mol. The Morgan fingerprint density at radius 2 is 2.15 bits per heavy atom. The minimum atomic E-state index is -0.747. The maximum absolute atomic E-state index is 12.1. The molecule has 2 N–H and O–H groups in total. The lowest BCUT2D eigenvalue weighted by Gasteiger charge is -2.03. The molecule has 7 heteroatoms. The molecule has 0 spiro atoms. The number of rotatable bonds is 6. The quantitative estimate of drug-likeness (QED) is 0.792. The van der Waals surface area contributed by atoms with Gasteiger partial charge in [-0.15, -0.1) is 11.3 Å². The minimum absolute atomic E-state index is 0.0664. The molecule has 0 saturated carbocycles. The number of thiophene rings is 1. The van der Waals surface area contributed by atoms with E-state index in [1.807, 2.05) is 13.8 Å². The molecule has 2 rings (SSSR count). The van der Waals surface area contributed by atoms with Crippen molar-refractivity contribution in [3.05, 3.63) is 26.6 Å². The summed E-state index contributed by atoms with van der Waals surface area (Å²) in [7, 11) is -0.747. The lowest BCUT2D eigenvalue weighted by Crippen LogP contribution is -2.21. The monoisotopic (exact) mass is 313 g/mol. The molecule has 0 saturated heterocycles. The molecule has 1 atom stereocenters. The maximum atomic E-state index is 12.1. The molecular weight excluding hydrogens is 294 g/mol. The van der Waals surface area contributed by atoms with Crippen molar-refractivity contribution < 1.29 is 4.21 Å². The summed E-state index contributed by atoms with van der Waals surface area (Å²) in [5, 5.41) is 3.91. The van der Waals surface area contributed by atoms with E-state index in [0.717, 1.165) is 28.2 Å². The van der Waals surface area contributed by atoms with Crippen molar-refractivity contribution in [2.45, 2.75) is 26.8 Å². The van der Waals surface area contributed by atoms with Gasteiger partial charge in [-0.2, -0.15) is 0 Å². The van der Waals surface area contributed by atoms with Crippen molar-refractivity contribution in [3.63, 3.8) is 0 Å². The van der Waals surface area contributed by atoms with E-state index >= 15 is 0 Å². The van der Waals surface area contributed by atoms with E-state index in [1.165, 1.54) is 0 Å². The number of hydrogen-bond donors (Lipinski definition) is 2. The number of aromatic nitrogens is 2. The maximum Gasteiger partial charge on any atom is 0.259 e. The SMILES string of the molecule is Cc1sc2nc(CNCCCS(C)=O)[nH]c(=O)c2c1C. The lowest BCUT2D eigenvalue weighted by molar-refractivity contribution is 0.645. The summed E-state index contributed by atoms with van der Waals surface area (Å²) in [4.78, 5) is 21.3. The lowest BCUT2D eigenvalue weighted by atomic mass is 10.2. The van der Waals surface area contributed by atoms with Crippen molar-refractivity contribution in [2.75, 3.05) is 18.6 Å². The number of aromatic amines is 1. The molecule has 20 heavy (non-hydrogen) atoms. The number of hydrogen-bond acceptors (Lipinski definition) is 5. The fraction of sp³-hybridized carbons (Fsp3) is 0.538. The van der Waals surface area contributed by atoms with Crippen LogP contribution in [0, 0.1) is 13.8 Å². The van der Waals surface area contributed by atoms with Crippen molar-refractivity contribution in [3.8, 4) is 0 Å². The van der Waals surface area contributed by atoms with Crippen LogP contribution in [0.4, 0.5) is 0 Å². The van der Waals surface area contributed by atoms with Crippen LogP contribution < -0.4 is 10.9 Å². The van der Waals surface area contributed by atoms with Gasteiger partial charge in [0, 0.05) is 27.7 Å². The van der Waals surface area contributed by atoms with Crippen LogP contribution in [0.3, 0.4) is 0 Å². The second-order valence-corrected chi connectivity index (χ2v) is 7.54. The number of H-pyrrole nitrogens is 1. The molecule has 0 aliphatic carbocycles. The van der Waals surface area contributed by atoms with E-state index in [4.69, 9.17) is 0 Å². The van der Waals surface area contributed by atoms with Crippen LogP contribution in [0.1, 0.15) is 22.7 Å². The topological polar surface area (TPSA) is 74.8 Å². The van der Waals surface area contributed by atoms with Crippen LogP contribution >= 0.6 is 11.3 Å². The van der Waals surface area contributed by atoms with Gasteiger partial charge in [0.15, 0.2) is 0 Å². The normalized spacial score (nSPS) is 12.9. The van der Waals surface area contributed by atoms with Crippen molar-refractivity contribution in [1.82, 2.24) is 15.3 Å². The second-order valence-electron chi connectivity index (χ2n) is 4.78. The number of nitrogens with one attached hydrogen (secondary N) is 2. The van der Waals surface area contributed by atoms with E-state index in [0.29, 0.717) is 23.5 Å². The van der Waals surface area contributed by atoms with Gasteiger partial charge in [-0.05, 0) is 32.4 Å². The molecule has 0 aromatic carbocycles. The smallest absolute Gasteiger partial charge is 0.259 e. The third-order valence-electron chi connectivity index (χ3n) is 3.17. The van der Waals surface area contributed by atoms with Crippen LogP contribution in [-0.2, 0) is 17.3 Å². The molecule has 2 aromatic rings. The first-order valence-corrected chi connectivity index (χ1v) is 9.03. The van der Waals surface area contributed by atoms with Crippen LogP contribution in [0.25, 0.3) is 10.2 Å². The molecule has 0 radical (unpaired) electrons. The van der Waals surface area contributed by atoms with E-state index in [9.17, 15) is 9.00 Å². The third-order valence-corrected chi connectivity index (χ3v) is 5.13. The molecule has 1 unspecified atom stereocenters. The Hall–Kier alpha value is -1.05. The minimum Gasteiger partial charge on any atom is -0.310 e. The van der Waals surface area contributed by atoms with Crippen molar-refractivity contribution in [2.24, 2.45) is 0 Å². The first-order chi connectivity index (χ1) is 9.49. The molecule has 0 fully saturated rings. The van der Waals surface area contributed by atoms with Crippen LogP contribution in [0.15, 0.2) is 4.79 Å². The number of aryl methyl sites for hydroxylation is 2. The molecule has 0 bridgehead atoms. The summed E-state index contributed by atoms with van der Waals surface area (Å²) < 4.78 is 10.9. The molecule has 0 aliphatic rings. The standard InChI is InChI=1S/C13H19N3O2S2/c1-8-9(2)19-13-11(8)12(17)15-10(16-13)7-14-5-4-6-20(3)18/h14H,4-7H2,1-3H3,(H,15,16,17). The molecule has 2 heterocycles. The second kappa shape index (κ2) is 6.60. The number of fused-ring (bicyclic) bond motifs is 1. The first-order valence-electron chi connectivity index (χ1n) is 6.48. The highest BCUT2D eigenvalue weighted by molar-refractivity contribution is 7.84. The fourth-order valence-electron chi connectivity index (χ4n) is 1.99. The molecule has 2 aromatic heterocycles. The fourth-order valence-corrected chi connectivity index (χ4v) is 3.59. The van der Waals surface area contributed by atoms with E-state index in [1.54, 1.807) is 17.6 Å². The Balaban J connectivity index is 2.05. The first kappa shape index (κ1) is 15.3. The van der Waals surface area contributed by atoms with Gasteiger partial charge in [0.2, 0.25) is 0 Å². The summed E-state index contributed by atoms with van der Waals surface area (Å²) in [6.07, 6.45) is 2.56. The van der Waals surface area contributed by atoms with Gasteiger partial charge in [-0.1, -0.05) is 0 Å². The van der Waals surface area contributed by atoms with Crippen molar-refractivity contribution in [1.29, 1.82) is 0 Å². The van der Waals surface area contributed by atoms with Gasteiger partial charge in [0.25, 0.3) is 5.56 Å². The zero-order valence-corrected chi connectivity index (χ0v) is 13.5. The Morgan fingerprint density at radius 3 is 2.85 bits per heavy atom. The average Bonchev–Trinajstić information content (AvgIpc) is 2.64. The molecule has 110 valence electrons. The van der Waals surface area contributed by atoms with E-state index < -0.39 is 10.8 Å². The highest BCUT2D eigenvalue weighted by atomic mass is 32.2. The summed E-state index contributed by atoms with van der Waals surface area (Å²) in [6.45, 7) is 5.25. The molecular formula is C13H19N3O2S2. The van der Waals surface area contributed by atoms with Crippen LogP contribution in [-0.4, -0.2) is 32.7 Å². The highest BCUT2D eigenvalue weighted by Crippen LogP contribution is 2.25. The largest absolute Gasteiger partial charge is 0.310 e. The Kier molecular flexibility index (Phi) is 5.06. The van der Waals surface area contributed by atoms with Crippen LogP contribution in [0.5, 0.6) is 0 Å². The molecule has 5 nitrogen and oxygen atoms in total.